The van der Waals surface area contributed by atoms with Crippen LogP contribution in [0.5, 0.6) is 11.6 Å². The number of fused-ring (bicyclic) bond motifs is 1. The summed E-state index contributed by atoms with van der Waals surface area (Å²) in [6, 6.07) is 15.9. The summed E-state index contributed by atoms with van der Waals surface area (Å²) in [6.07, 6.45) is 0. The molecule has 0 unspecified atom stereocenters. The Labute approximate surface area is 118 Å². The van der Waals surface area contributed by atoms with Crippen molar-refractivity contribution in [2.75, 3.05) is 0 Å². The Kier molecular flexibility index (Phi) is 3.17. The highest BCUT2D eigenvalue weighted by molar-refractivity contribution is 9.10. The van der Waals surface area contributed by atoms with Crippen molar-refractivity contribution in [1.82, 2.24) is 4.98 Å². The molecule has 2 nitrogen and oxygen atoms in total. The van der Waals surface area contributed by atoms with Crippen molar-refractivity contribution in [3.63, 3.8) is 0 Å². The summed E-state index contributed by atoms with van der Waals surface area (Å²) < 4.78 is 19.8. The highest BCUT2D eigenvalue weighted by Gasteiger charge is 2.06. The standard InChI is InChI=1S/C15H9BrFNO/c16-11-6-7-12(17)14(9-11)19-15-8-5-10-3-1-2-4-13(10)18-15/h1-9H. The van der Waals surface area contributed by atoms with E-state index < -0.39 is 5.82 Å². The van der Waals surface area contributed by atoms with Crippen molar-refractivity contribution in [3.8, 4) is 11.6 Å². The molecule has 0 aliphatic heterocycles. The molecule has 0 N–H and O–H groups in total. The number of aromatic nitrogens is 1. The van der Waals surface area contributed by atoms with Crippen LogP contribution < -0.4 is 4.74 Å². The summed E-state index contributed by atoms with van der Waals surface area (Å²) >= 11 is 3.28. The van der Waals surface area contributed by atoms with E-state index in [1.807, 2.05) is 30.3 Å². The number of hydrogen-bond donors (Lipinski definition) is 0. The molecule has 3 rings (SSSR count). The predicted molar refractivity (Wildman–Crippen MR) is 75.9 cm³/mol. The molecular formula is C15H9BrFNO. The van der Waals surface area contributed by atoms with Gasteiger partial charge in [0.05, 0.1) is 5.52 Å². The van der Waals surface area contributed by atoms with Gasteiger partial charge in [0.1, 0.15) is 0 Å². The monoisotopic (exact) mass is 317 g/mol. The molecule has 0 spiro atoms. The number of rotatable bonds is 2. The maximum atomic E-state index is 13.6. The van der Waals surface area contributed by atoms with Crippen LogP contribution in [-0.4, -0.2) is 4.98 Å². The molecule has 3 aromatic rings. The Bertz CT molecular complexity index is 745. The smallest absolute Gasteiger partial charge is 0.219 e. The Morgan fingerprint density at radius 3 is 2.74 bits per heavy atom. The van der Waals surface area contributed by atoms with Gasteiger partial charge in [-0.2, -0.15) is 0 Å². The molecule has 0 amide bonds. The molecule has 0 radical (unpaired) electrons. The van der Waals surface area contributed by atoms with Gasteiger partial charge < -0.3 is 4.74 Å². The van der Waals surface area contributed by atoms with Crippen molar-refractivity contribution in [2.24, 2.45) is 0 Å². The summed E-state index contributed by atoms with van der Waals surface area (Å²) in [5.41, 5.74) is 0.815. The van der Waals surface area contributed by atoms with Gasteiger partial charge in [-0.15, -0.1) is 0 Å². The third-order valence-corrected chi connectivity index (χ3v) is 3.17. The fourth-order valence-electron chi connectivity index (χ4n) is 1.77. The topological polar surface area (TPSA) is 22.1 Å². The van der Waals surface area contributed by atoms with Gasteiger partial charge in [0.15, 0.2) is 11.6 Å². The maximum Gasteiger partial charge on any atom is 0.219 e. The molecule has 0 aliphatic rings. The van der Waals surface area contributed by atoms with E-state index in [0.717, 1.165) is 15.4 Å². The summed E-state index contributed by atoms with van der Waals surface area (Å²) in [5.74, 6) is 0.103. The summed E-state index contributed by atoms with van der Waals surface area (Å²) in [5, 5.41) is 1.02. The zero-order valence-electron chi connectivity index (χ0n) is 9.81. The first-order valence-electron chi connectivity index (χ1n) is 5.71. The molecule has 0 saturated heterocycles. The molecule has 0 fully saturated rings. The van der Waals surface area contributed by atoms with Crippen LogP contribution in [-0.2, 0) is 0 Å². The van der Waals surface area contributed by atoms with Crippen molar-refractivity contribution in [1.29, 1.82) is 0 Å². The number of pyridine rings is 1. The third kappa shape index (κ3) is 2.58. The molecule has 19 heavy (non-hydrogen) atoms. The van der Waals surface area contributed by atoms with Crippen molar-refractivity contribution in [2.45, 2.75) is 0 Å². The minimum atomic E-state index is -0.418. The van der Waals surface area contributed by atoms with Crippen molar-refractivity contribution < 1.29 is 9.13 Å². The Balaban J connectivity index is 1.98. The number of nitrogens with zero attached hydrogens (tertiary/aromatic N) is 1. The SMILES string of the molecule is Fc1ccc(Br)cc1Oc1ccc2ccccc2n1. The van der Waals surface area contributed by atoms with E-state index in [1.54, 1.807) is 18.2 Å². The van der Waals surface area contributed by atoms with E-state index in [-0.39, 0.29) is 5.75 Å². The summed E-state index contributed by atoms with van der Waals surface area (Å²) in [6.45, 7) is 0. The van der Waals surface area contributed by atoms with Gasteiger partial charge in [0.25, 0.3) is 0 Å². The van der Waals surface area contributed by atoms with Crippen LogP contribution in [0.3, 0.4) is 0 Å². The van der Waals surface area contributed by atoms with Gasteiger partial charge in [-0.1, -0.05) is 34.1 Å². The Morgan fingerprint density at radius 2 is 1.84 bits per heavy atom. The lowest BCUT2D eigenvalue weighted by Crippen LogP contribution is -1.91. The van der Waals surface area contributed by atoms with E-state index in [4.69, 9.17) is 4.74 Å². The lowest BCUT2D eigenvalue weighted by molar-refractivity contribution is 0.429. The molecule has 0 saturated carbocycles. The van der Waals surface area contributed by atoms with E-state index in [0.29, 0.717) is 5.88 Å². The molecule has 0 bridgehead atoms. The number of halogens is 2. The van der Waals surface area contributed by atoms with E-state index >= 15 is 0 Å². The number of hydrogen-bond acceptors (Lipinski definition) is 2. The van der Waals surface area contributed by atoms with Crippen LogP contribution in [0.1, 0.15) is 0 Å². The summed E-state index contributed by atoms with van der Waals surface area (Å²) in [4.78, 5) is 4.34. The molecule has 1 heterocycles. The maximum absolute atomic E-state index is 13.6. The molecule has 1 aromatic heterocycles. The highest BCUT2D eigenvalue weighted by atomic mass is 79.9. The first kappa shape index (κ1) is 12.1. The number of ether oxygens (including phenoxy) is 1. The average molecular weight is 318 g/mol. The number of para-hydroxylation sites is 1. The minimum absolute atomic E-state index is 0.150. The van der Waals surface area contributed by atoms with E-state index in [1.165, 1.54) is 6.07 Å². The van der Waals surface area contributed by atoms with Crippen LogP contribution in [0.25, 0.3) is 10.9 Å². The first-order valence-corrected chi connectivity index (χ1v) is 6.50. The minimum Gasteiger partial charge on any atom is -0.436 e. The second-order valence-corrected chi connectivity index (χ2v) is 4.93. The normalized spacial score (nSPS) is 10.6. The largest absolute Gasteiger partial charge is 0.436 e. The second-order valence-electron chi connectivity index (χ2n) is 4.02. The van der Waals surface area contributed by atoms with Crippen molar-refractivity contribution in [3.05, 3.63) is 64.9 Å². The zero-order valence-corrected chi connectivity index (χ0v) is 11.4. The average Bonchev–Trinajstić information content (AvgIpc) is 2.43. The zero-order chi connectivity index (χ0) is 13.2. The van der Waals surface area contributed by atoms with Crippen LogP contribution in [0.15, 0.2) is 59.1 Å². The van der Waals surface area contributed by atoms with Gasteiger partial charge in [-0.25, -0.2) is 9.37 Å². The van der Waals surface area contributed by atoms with Crippen LogP contribution >= 0.6 is 15.9 Å². The van der Waals surface area contributed by atoms with Crippen LogP contribution in [0, 0.1) is 5.82 Å². The molecule has 0 atom stereocenters. The van der Waals surface area contributed by atoms with Crippen molar-refractivity contribution >= 4 is 26.8 Å². The quantitative estimate of drug-likeness (QED) is 0.668. The van der Waals surface area contributed by atoms with Gasteiger partial charge >= 0.3 is 0 Å². The Morgan fingerprint density at radius 1 is 1.00 bits per heavy atom. The fourth-order valence-corrected chi connectivity index (χ4v) is 2.11. The fraction of sp³-hybridized carbons (Fsp3) is 0. The van der Waals surface area contributed by atoms with Gasteiger partial charge in [-0.05, 0) is 30.3 Å². The van der Waals surface area contributed by atoms with Gasteiger partial charge in [0.2, 0.25) is 5.88 Å². The number of benzene rings is 2. The molecular weight excluding hydrogens is 309 g/mol. The van der Waals surface area contributed by atoms with Gasteiger partial charge in [-0.3, -0.25) is 0 Å². The van der Waals surface area contributed by atoms with Gasteiger partial charge in [0, 0.05) is 15.9 Å². The highest BCUT2D eigenvalue weighted by Crippen LogP contribution is 2.27. The van der Waals surface area contributed by atoms with Crippen LogP contribution in [0.2, 0.25) is 0 Å². The van der Waals surface area contributed by atoms with E-state index in [2.05, 4.69) is 20.9 Å². The van der Waals surface area contributed by atoms with E-state index in [9.17, 15) is 4.39 Å². The second kappa shape index (κ2) is 4.97. The third-order valence-electron chi connectivity index (χ3n) is 2.68. The predicted octanol–water partition coefficient (Wildman–Crippen LogP) is 4.93. The molecule has 4 heteroatoms. The lowest BCUT2D eigenvalue weighted by atomic mass is 10.2. The lowest BCUT2D eigenvalue weighted by Gasteiger charge is -2.07. The summed E-state index contributed by atoms with van der Waals surface area (Å²) in [7, 11) is 0. The van der Waals surface area contributed by atoms with Crippen LogP contribution in [0.4, 0.5) is 4.39 Å². The first-order chi connectivity index (χ1) is 9.22. The Hall–Kier alpha value is -1.94. The molecule has 94 valence electrons. The molecule has 2 aromatic carbocycles. The molecule has 0 aliphatic carbocycles.